The molecule has 0 atom stereocenters. The van der Waals surface area contributed by atoms with Gasteiger partial charge in [0.1, 0.15) is 11.3 Å². The lowest BCUT2D eigenvalue weighted by molar-refractivity contribution is 0.0699. The number of imidazole rings is 1. The Kier molecular flexibility index (Phi) is 2.55. The van der Waals surface area contributed by atoms with E-state index in [0.29, 0.717) is 11.3 Å². The van der Waals surface area contributed by atoms with Crippen LogP contribution in [0.4, 0.5) is 0 Å². The van der Waals surface area contributed by atoms with Crippen LogP contribution in [0.3, 0.4) is 0 Å². The smallest absolute Gasteiger partial charge is 0.337 e. The first kappa shape index (κ1) is 12.1. The van der Waals surface area contributed by atoms with Crippen LogP contribution in [-0.4, -0.2) is 21.0 Å². The predicted molar refractivity (Wildman–Crippen MR) is 83.9 cm³/mol. The predicted octanol–water partition coefficient (Wildman–Crippen LogP) is 4.14. The highest BCUT2D eigenvalue weighted by Crippen LogP contribution is 2.33. The number of hydrogen-bond acceptors (Lipinski definition) is 3. The van der Waals surface area contributed by atoms with Crippen LogP contribution in [-0.2, 0) is 0 Å². The summed E-state index contributed by atoms with van der Waals surface area (Å²) in [6.07, 6.45) is 0. The lowest BCUT2D eigenvalue weighted by atomic mass is 10.2. The molecule has 0 spiro atoms. The summed E-state index contributed by atoms with van der Waals surface area (Å²) >= 11 is 1.65. The van der Waals surface area contributed by atoms with Crippen molar-refractivity contribution in [3.8, 4) is 11.4 Å². The molecule has 2 heterocycles. The van der Waals surface area contributed by atoms with E-state index >= 15 is 0 Å². The van der Waals surface area contributed by atoms with Gasteiger partial charge in [-0.25, -0.2) is 9.78 Å². The molecular weight excluding hydrogens is 284 g/mol. The lowest BCUT2D eigenvalue weighted by Crippen LogP contribution is -1.96. The van der Waals surface area contributed by atoms with Crippen molar-refractivity contribution < 1.29 is 9.90 Å². The molecule has 0 amide bonds. The van der Waals surface area contributed by atoms with Gasteiger partial charge in [0.15, 0.2) is 0 Å². The Balaban J connectivity index is 1.99. The zero-order chi connectivity index (χ0) is 14.4. The normalized spacial score (nSPS) is 11.2. The van der Waals surface area contributed by atoms with Crippen LogP contribution >= 0.6 is 11.3 Å². The topological polar surface area (TPSA) is 66.0 Å². The van der Waals surface area contributed by atoms with E-state index in [2.05, 4.69) is 16.0 Å². The SMILES string of the molecule is O=C(O)c1cccc2[nH]c(-c3csc4ccccc34)nc12. The number of aromatic amines is 1. The summed E-state index contributed by atoms with van der Waals surface area (Å²) in [4.78, 5) is 19.0. The molecule has 2 aromatic carbocycles. The highest BCUT2D eigenvalue weighted by molar-refractivity contribution is 7.17. The first-order valence-corrected chi connectivity index (χ1v) is 7.30. The summed E-state index contributed by atoms with van der Waals surface area (Å²) in [5.74, 6) is -0.259. The van der Waals surface area contributed by atoms with Gasteiger partial charge in [0.2, 0.25) is 0 Å². The molecular formula is C16H10N2O2S. The number of aromatic carboxylic acids is 1. The Morgan fingerprint density at radius 3 is 2.86 bits per heavy atom. The van der Waals surface area contributed by atoms with Gasteiger partial charge in [-0.15, -0.1) is 11.3 Å². The number of nitrogens with zero attached hydrogens (tertiary/aromatic N) is 1. The summed E-state index contributed by atoms with van der Waals surface area (Å²) in [7, 11) is 0. The second-order valence-electron chi connectivity index (χ2n) is 4.74. The average Bonchev–Trinajstić information content (AvgIpc) is 3.09. The minimum Gasteiger partial charge on any atom is -0.478 e. The number of hydrogen-bond donors (Lipinski definition) is 2. The van der Waals surface area contributed by atoms with Crippen molar-refractivity contribution in [1.82, 2.24) is 9.97 Å². The van der Waals surface area contributed by atoms with E-state index in [1.807, 2.05) is 29.6 Å². The summed E-state index contributed by atoms with van der Waals surface area (Å²) in [5.41, 5.74) is 2.45. The second-order valence-corrected chi connectivity index (χ2v) is 5.65. The van der Waals surface area contributed by atoms with Gasteiger partial charge in [0.25, 0.3) is 0 Å². The van der Waals surface area contributed by atoms with Crippen LogP contribution in [0.15, 0.2) is 47.8 Å². The monoisotopic (exact) mass is 294 g/mol. The summed E-state index contributed by atoms with van der Waals surface area (Å²) in [6.45, 7) is 0. The minimum atomic E-state index is -0.964. The number of carbonyl (C=O) groups is 1. The van der Waals surface area contributed by atoms with Crippen LogP contribution in [0.25, 0.3) is 32.5 Å². The molecule has 2 aromatic heterocycles. The number of para-hydroxylation sites is 1. The highest BCUT2D eigenvalue weighted by Gasteiger charge is 2.15. The van der Waals surface area contributed by atoms with E-state index in [-0.39, 0.29) is 5.56 Å². The number of nitrogens with one attached hydrogen (secondary N) is 1. The fraction of sp³-hybridized carbons (Fsp3) is 0. The largest absolute Gasteiger partial charge is 0.478 e. The zero-order valence-electron chi connectivity index (χ0n) is 10.8. The Morgan fingerprint density at radius 2 is 2.00 bits per heavy atom. The van der Waals surface area contributed by atoms with Gasteiger partial charge in [-0.05, 0) is 18.2 Å². The number of H-pyrrole nitrogens is 1. The molecule has 0 saturated heterocycles. The fourth-order valence-corrected chi connectivity index (χ4v) is 3.44. The number of thiophene rings is 1. The molecule has 4 nitrogen and oxygen atoms in total. The van der Waals surface area contributed by atoms with E-state index in [1.54, 1.807) is 23.5 Å². The summed E-state index contributed by atoms with van der Waals surface area (Å²) in [6, 6.07) is 13.2. The van der Waals surface area contributed by atoms with Gasteiger partial charge in [-0.2, -0.15) is 0 Å². The van der Waals surface area contributed by atoms with Crippen molar-refractivity contribution in [3.05, 3.63) is 53.4 Å². The van der Waals surface area contributed by atoms with E-state index in [0.717, 1.165) is 16.5 Å². The van der Waals surface area contributed by atoms with Crippen LogP contribution in [0, 0.1) is 0 Å². The van der Waals surface area contributed by atoms with Crippen molar-refractivity contribution in [2.24, 2.45) is 0 Å². The maximum Gasteiger partial charge on any atom is 0.337 e. The van der Waals surface area contributed by atoms with Crippen LogP contribution in [0.5, 0.6) is 0 Å². The molecule has 5 heteroatoms. The molecule has 0 saturated carbocycles. The zero-order valence-corrected chi connectivity index (χ0v) is 11.6. The van der Waals surface area contributed by atoms with Gasteiger partial charge in [-0.1, -0.05) is 24.3 Å². The Labute approximate surface area is 123 Å². The molecule has 4 rings (SSSR count). The van der Waals surface area contributed by atoms with E-state index in [9.17, 15) is 9.90 Å². The van der Waals surface area contributed by atoms with Gasteiger partial charge in [0.05, 0.1) is 11.1 Å². The molecule has 2 N–H and O–H groups in total. The molecule has 0 aliphatic carbocycles. The number of fused-ring (bicyclic) bond motifs is 2. The van der Waals surface area contributed by atoms with Gasteiger partial charge >= 0.3 is 5.97 Å². The number of rotatable bonds is 2. The molecule has 0 bridgehead atoms. The van der Waals surface area contributed by atoms with E-state index in [4.69, 9.17) is 0 Å². The number of benzene rings is 2. The maximum atomic E-state index is 11.3. The molecule has 0 radical (unpaired) electrons. The lowest BCUT2D eigenvalue weighted by Gasteiger charge is -1.94. The van der Waals surface area contributed by atoms with Crippen molar-refractivity contribution in [1.29, 1.82) is 0 Å². The number of carboxylic acid groups (broad SMARTS) is 1. The number of carboxylic acids is 1. The molecule has 0 aliphatic rings. The second kappa shape index (κ2) is 4.43. The molecule has 21 heavy (non-hydrogen) atoms. The van der Waals surface area contributed by atoms with Gasteiger partial charge in [-0.3, -0.25) is 0 Å². The minimum absolute atomic E-state index is 0.217. The van der Waals surface area contributed by atoms with Crippen LogP contribution in [0.1, 0.15) is 10.4 Å². The van der Waals surface area contributed by atoms with Crippen molar-refractivity contribution in [2.45, 2.75) is 0 Å². The Bertz CT molecular complexity index is 984. The first-order valence-electron chi connectivity index (χ1n) is 6.42. The van der Waals surface area contributed by atoms with E-state index < -0.39 is 5.97 Å². The third-order valence-corrected chi connectivity index (χ3v) is 4.44. The molecule has 102 valence electrons. The fourth-order valence-electron chi connectivity index (χ4n) is 2.49. The highest BCUT2D eigenvalue weighted by atomic mass is 32.1. The van der Waals surface area contributed by atoms with E-state index in [1.165, 1.54) is 4.70 Å². The summed E-state index contributed by atoms with van der Waals surface area (Å²) < 4.78 is 1.19. The van der Waals surface area contributed by atoms with Crippen molar-refractivity contribution in [3.63, 3.8) is 0 Å². The average molecular weight is 294 g/mol. The van der Waals surface area contributed by atoms with Crippen LogP contribution < -0.4 is 0 Å². The molecule has 0 aliphatic heterocycles. The standard InChI is InChI=1S/C16H10N2O2S/c19-16(20)10-5-3-6-12-14(10)18-15(17-12)11-8-21-13-7-2-1-4-9(11)13/h1-8H,(H,17,18)(H,19,20). The first-order chi connectivity index (χ1) is 10.2. The van der Waals surface area contributed by atoms with Crippen molar-refractivity contribution >= 4 is 38.4 Å². The Hall–Kier alpha value is -2.66. The quantitative estimate of drug-likeness (QED) is 0.584. The third kappa shape index (κ3) is 1.82. The van der Waals surface area contributed by atoms with Crippen LogP contribution in [0.2, 0.25) is 0 Å². The van der Waals surface area contributed by atoms with Crippen molar-refractivity contribution in [2.75, 3.05) is 0 Å². The van der Waals surface area contributed by atoms with Gasteiger partial charge in [0, 0.05) is 21.0 Å². The third-order valence-electron chi connectivity index (χ3n) is 3.48. The molecule has 4 aromatic rings. The Morgan fingerprint density at radius 1 is 1.14 bits per heavy atom. The number of aromatic nitrogens is 2. The maximum absolute atomic E-state index is 11.3. The summed E-state index contributed by atoms with van der Waals surface area (Å²) in [5, 5.41) is 12.4. The van der Waals surface area contributed by atoms with Gasteiger partial charge < -0.3 is 10.1 Å². The molecule has 0 fully saturated rings. The molecule has 0 unspecified atom stereocenters.